The van der Waals surface area contributed by atoms with Crippen LogP contribution >= 0.6 is 0 Å². The highest BCUT2D eigenvalue weighted by atomic mass is 16.5. The van der Waals surface area contributed by atoms with E-state index in [2.05, 4.69) is 23.1 Å². The molecule has 0 saturated carbocycles. The van der Waals surface area contributed by atoms with E-state index in [1.165, 1.54) is 0 Å². The van der Waals surface area contributed by atoms with Gasteiger partial charge in [0.05, 0.1) is 37.0 Å². The molecule has 1 aromatic heterocycles. The number of rotatable bonds is 6. The summed E-state index contributed by atoms with van der Waals surface area (Å²) in [4.78, 5) is 19.0. The smallest absolute Gasteiger partial charge is 0.137 e. The van der Waals surface area contributed by atoms with Crippen molar-refractivity contribution in [3.63, 3.8) is 0 Å². The van der Waals surface area contributed by atoms with Gasteiger partial charge in [-0.25, -0.2) is 0 Å². The lowest BCUT2D eigenvalue weighted by Crippen LogP contribution is -2.42. The highest BCUT2D eigenvalue weighted by molar-refractivity contribution is 5.78. The Kier molecular flexibility index (Phi) is 5.76. The summed E-state index contributed by atoms with van der Waals surface area (Å²) < 4.78 is 11.3. The van der Waals surface area contributed by atoms with Gasteiger partial charge in [0, 0.05) is 18.0 Å². The first-order valence-electron chi connectivity index (χ1n) is 10.0. The minimum atomic E-state index is -0.156. The molecule has 1 aliphatic rings. The van der Waals surface area contributed by atoms with Crippen LogP contribution in [0.3, 0.4) is 0 Å². The number of pyridine rings is 1. The van der Waals surface area contributed by atoms with Crippen molar-refractivity contribution in [2.75, 3.05) is 14.2 Å². The lowest BCUT2D eigenvalue weighted by atomic mass is 9.89. The molecule has 0 amide bonds. The van der Waals surface area contributed by atoms with Gasteiger partial charge in [-0.05, 0) is 43.5 Å². The molecule has 0 N–H and O–H groups in total. The zero-order valence-electron chi connectivity index (χ0n) is 16.9. The Labute approximate surface area is 171 Å². The normalized spacial score (nSPS) is 19.8. The zero-order chi connectivity index (χ0) is 20.2. The second-order valence-electron chi connectivity index (χ2n) is 7.39. The Hall–Kier alpha value is -2.92. The number of nitrogens with zero attached hydrogens (tertiary/aromatic N) is 2. The predicted octanol–water partition coefficient (Wildman–Crippen LogP) is 4.55. The Balaban J connectivity index is 1.74. The molecule has 0 radical (unpaired) electrons. The first-order valence-corrected chi connectivity index (χ1v) is 10.0. The third kappa shape index (κ3) is 3.83. The van der Waals surface area contributed by atoms with E-state index in [0.717, 1.165) is 59.2 Å². The van der Waals surface area contributed by atoms with Crippen LogP contribution in [0, 0.1) is 0 Å². The fourth-order valence-corrected chi connectivity index (χ4v) is 4.36. The van der Waals surface area contributed by atoms with Crippen LogP contribution in [-0.2, 0) is 11.3 Å². The maximum atomic E-state index is 11.9. The summed E-state index contributed by atoms with van der Waals surface area (Å²) in [5, 5.41) is 1.12. The van der Waals surface area contributed by atoms with E-state index in [4.69, 9.17) is 14.5 Å². The minimum Gasteiger partial charge on any atom is -0.496 e. The average Bonchev–Trinajstić information content (AvgIpc) is 2.78. The van der Waals surface area contributed by atoms with Gasteiger partial charge in [-0.2, -0.15) is 0 Å². The van der Waals surface area contributed by atoms with Crippen LogP contribution in [0.25, 0.3) is 10.9 Å². The van der Waals surface area contributed by atoms with E-state index in [0.29, 0.717) is 6.54 Å². The maximum absolute atomic E-state index is 11.9. The van der Waals surface area contributed by atoms with Crippen molar-refractivity contribution in [1.82, 2.24) is 9.88 Å². The summed E-state index contributed by atoms with van der Waals surface area (Å²) in [6.45, 7) is 0.597. The third-order valence-corrected chi connectivity index (χ3v) is 5.76. The molecule has 5 nitrogen and oxygen atoms in total. The van der Waals surface area contributed by atoms with Crippen LogP contribution in [0.1, 0.15) is 36.6 Å². The molecule has 1 saturated heterocycles. The number of likely N-dealkylation sites (tertiary alicyclic amines) is 1. The standard InChI is InChI=1S/C24H26N2O3/c1-28-22-11-6-12-23(29-2)24(22)21-10-5-8-19(16-27)26(21)15-18-14-13-17-7-3-4-9-20(17)25-18/h3-4,6-7,9,11-14,16,19,21H,5,8,10,15H2,1-2H3/t19?,21-/m1/s1. The quantitative estimate of drug-likeness (QED) is 0.578. The largest absolute Gasteiger partial charge is 0.496 e. The second-order valence-corrected chi connectivity index (χ2v) is 7.39. The number of aromatic nitrogens is 1. The van der Waals surface area contributed by atoms with E-state index in [1.54, 1.807) is 14.2 Å². The molecule has 1 unspecified atom stereocenters. The van der Waals surface area contributed by atoms with Gasteiger partial charge in [0.1, 0.15) is 17.8 Å². The number of piperidine rings is 1. The van der Waals surface area contributed by atoms with Crippen LogP contribution < -0.4 is 9.47 Å². The Morgan fingerprint density at radius 1 is 1.00 bits per heavy atom. The average molecular weight is 390 g/mol. The number of hydrogen-bond donors (Lipinski definition) is 0. The van der Waals surface area contributed by atoms with Gasteiger partial charge in [-0.15, -0.1) is 0 Å². The van der Waals surface area contributed by atoms with Crippen molar-refractivity contribution < 1.29 is 14.3 Å². The molecule has 1 fully saturated rings. The van der Waals surface area contributed by atoms with Gasteiger partial charge in [0.15, 0.2) is 0 Å². The minimum absolute atomic E-state index is 0.0262. The van der Waals surface area contributed by atoms with Crippen LogP contribution in [0.15, 0.2) is 54.6 Å². The van der Waals surface area contributed by atoms with Crippen molar-refractivity contribution in [1.29, 1.82) is 0 Å². The number of ether oxygens (including phenoxy) is 2. The Bertz CT molecular complexity index is 982. The lowest BCUT2D eigenvalue weighted by Gasteiger charge is -2.40. The molecule has 0 aliphatic carbocycles. The van der Waals surface area contributed by atoms with Crippen LogP contribution in [-0.4, -0.2) is 36.4 Å². The first-order chi connectivity index (χ1) is 14.2. The van der Waals surface area contributed by atoms with Crippen LogP contribution in [0.4, 0.5) is 0 Å². The van der Waals surface area contributed by atoms with Crippen molar-refractivity contribution >= 4 is 17.2 Å². The molecule has 2 aromatic carbocycles. The number of methoxy groups -OCH3 is 2. The molecule has 3 aromatic rings. The Morgan fingerprint density at radius 3 is 2.48 bits per heavy atom. The van der Waals surface area contributed by atoms with Crippen molar-refractivity contribution in [3.05, 3.63) is 65.9 Å². The number of carbonyl (C=O) groups is 1. The number of hydrogen-bond acceptors (Lipinski definition) is 5. The van der Waals surface area contributed by atoms with Gasteiger partial charge in [-0.1, -0.05) is 30.3 Å². The van der Waals surface area contributed by atoms with Gasteiger partial charge in [0.25, 0.3) is 0 Å². The highest BCUT2D eigenvalue weighted by Crippen LogP contribution is 2.43. The third-order valence-electron chi connectivity index (χ3n) is 5.76. The van der Waals surface area contributed by atoms with Gasteiger partial charge >= 0.3 is 0 Å². The van der Waals surface area contributed by atoms with Crippen molar-refractivity contribution in [2.24, 2.45) is 0 Å². The topological polar surface area (TPSA) is 51.7 Å². The SMILES string of the molecule is COc1cccc(OC)c1[C@H]1CCCC(C=O)N1Cc1ccc2ccccc2n1. The molecule has 150 valence electrons. The molecule has 4 rings (SSSR count). The summed E-state index contributed by atoms with van der Waals surface area (Å²) >= 11 is 0. The lowest BCUT2D eigenvalue weighted by molar-refractivity contribution is -0.115. The summed E-state index contributed by atoms with van der Waals surface area (Å²) in [5.74, 6) is 1.58. The van der Waals surface area contributed by atoms with Crippen molar-refractivity contribution in [3.8, 4) is 11.5 Å². The molecular weight excluding hydrogens is 364 g/mol. The number of aldehydes is 1. The number of para-hydroxylation sites is 1. The zero-order valence-corrected chi connectivity index (χ0v) is 16.9. The molecule has 2 atom stereocenters. The monoisotopic (exact) mass is 390 g/mol. The molecule has 29 heavy (non-hydrogen) atoms. The van der Waals surface area contributed by atoms with Gasteiger partial charge in [-0.3, -0.25) is 9.88 Å². The fourth-order valence-electron chi connectivity index (χ4n) is 4.36. The first kappa shape index (κ1) is 19.4. The van der Waals surface area contributed by atoms with E-state index in [1.807, 2.05) is 36.4 Å². The van der Waals surface area contributed by atoms with Crippen LogP contribution in [0.5, 0.6) is 11.5 Å². The van der Waals surface area contributed by atoms with Gasteiger partial charge in [0.2, 0.25) is 0 Å². The molecule has 1 aliphatic heterocycles. The summed E-state index contributed by atoms with van der Waals surface area (Å²) in [7, 11) is 3.35. The number of benzene rings is 2. The van der Waals surface area contributed by atoms with E-state index in [-0.39, 0.29) is 12.1 Å². The van der Waals surface area contributed by atoms with E-state index >= 15 is 0 Å². The number of fused-ring (bicyclic) bond motifs is 1. The van der Waals surface area contributed by atoms with Gasteiger partial charge < -0.3 is 14.3 Å². The molecule has 5 heteroatoms. The van der Waals surface area contributed by atoms with E-state index in [9.17, 15) is 4.79 Å². The van der Waals surface area contributed by atoms with E-state index < -0.39 is 0 Å². The predicted molar refractivity (Wildman–Crippen MR) is 113 cm³/mol. The molecule has 2 heterocycles. The number of carbonyl (C=O) groups excluding carboxylic acids is 1. The molecule has 0 spiro atoms. The fraction of sp³-hybridized carbons (Fsp3) is 0.333. The summed E-state index contributed by atoms with van der Waals surface area (Å²) in [6, 6.07) is 17.9. The second kappa shape index (κ2) is 8.62. The molecular formula is C24H26N2O3. The highest BCUT2D eigenvalue weighted by Gasteiger charge is 2.35. The Morgan fingerprint density at radius 2 is 1.76 bits per heavy atom. The maximum Gasteiger partial charge on any atom is 0.137 e. The van der Waals surface area contributed by atoms with Crippen molar-refractivity contribution in [2.45, 2.75) is 37.9 Å². The summed E-state index contributed by atoms with van der Waals surface area (Å²) in [6.07, 6.45) is 3.84. The summed E-state index contributed by atoms with van der Waals surface area (Å²) in [5.41, 5.74) is 2.93. The molecule has 0 bridgehead atoms. The van der Waals surface area contributed by atoms with Crippen LogP contribution in [0.2, 0.25) is 0 Å².